The van der Waals surface area contributed by atoms with Crippen LogP contribution in [-0.4, -0.2) is 0 Å². The van der Waals surface area contributed by atoms with Crippen LogP contribution in [0, 0.1) is 27.7 Å². The van der Waals surface area contributed by atoms with Gasteiger partial charge in [-0.15, -0.1) is 0 Å². The third kappa shape index (κ3) is 1.23. The molecule has 0 amide bonds. The number of rotatable bonds is 0. The van der Waals surface area contributed by atoms with Gasteiger partial charge in [-0.05, 0) is 49.9 Å². The minimum atomic E-state index is 0.579. The maximum atomic E-state index is 7.74. The van der Waals surface area contributed by atoms with Gasteiger partial charge in [0.25, 0.3) is 0 Å². The van der Waals surface area contributed by atoms with Crippen molar-refractivity contribution in [1.82, 2.24) is 0 Å². The average molecular weight is 150 g/mol. The molecule has 0 saturated heterocycles. The Hall–Kier alpha value is -0.980. The van der Waals surface area contributed by atoms with Crippen molar-refractivity contribution < 1.29 is 1.37 Å². The van der Waals surface area contributed by atoms with E-state index in [9.17, 15) is 0 Å². The van der Waals surface area contributed by atoms with E-state index in [-0.39, 0.29) is 0 Å². The second kappa shape index (κ2) is 2.57. The molecular weight excluding hydrogens is 134 g/mol. The molecule has 1 rings (SSSR count). The first kappa shape index (κ1) is 6.71. The fraction of sp³-hybridized carbons (Fsp3) is 0.400. The molecule has 0 aliphatic heterocycles. The van der Waals surface area contributed by atoms with Crippen molar-refractivity contribution in [3.63, 3.8) is 0 Å². The molecule has 0 atom stereocenters. The van der Waals surface area contributed by atoms with Gasteiger partial charge in [0.15, 0.2) is 0 Å². The Balaban J connectivity index is 3.60. The van der Waals surface area contributed by atoms with E-state index in [1.54, 1.807) is 0 Å². The minimum absolute atomic E-state index is 0.579. The van der Waals surface area contributed by atoms with Crippen LogP contribution >= 0.6 is 0 Å². The predicted molar refractivity (Wildman–Crippen MR) is 49.8 cm³/mol. The Morgan fingerprint density at radius 3 is 2.18 bits per heavy atom. The van der Waals surface area contributed by atoms with Crippen molar-refractivity contribution in [3.8, 4) is 0 Å². The number of anilines is 1. The van der Waals surface area contributed by atoms with E-state index in [0.717, 1.165) is 27.9 Å². The Morgan fingerprint density at radius 1 is 1.09 bits per heavy atom. The first-order valence-corrected chi connectivity index (χ1v) is 3.79. The maximum Gasteiger partial charge on any atom is 0.0629 e. The van der Waals surface area contributed by atoms with Crippen molar-refractivity contribution in [3.05, 3.63) is 28.3 Å². The lowest BCUT2D eigenvalue weighted by Crippen LogP contribution is -1.97. The van der Waals surface area contributed by atoms with E-state index < -0.39 is 0 Å². The normalized spacial score (nSPS) is 11.5. The minimum Gasteiger partial charge on any atom is -0.398 e. The Kier molecular flexibility index (Phi) is 1.57. The lowest BCUT2D eigenvalue weighted by atomic mass is 9.99. The maximum absolute atomic E-state index is 7.74. The summed E-state index contributed by atoms with van der Waals surface area (Å²) in [5.74, 6) is 0. The van der Waals surface area contributed by atoms with Gasteiger partial charge in [0.1, 0.15) is 0 Å². The van der Waals surface area contributed by atoms with Crippen LogP contribution < -0.4 is 5.73 Å². The molecule has 60 valence electrons. The molecule has 1 nitrogen and oxygen atoms in total. The van der Waals surface area contributed by atoms with Crippen LogP contribution in [-0.2, 0) is 0 Å². The molecule has 0 aliphatic rings. The summed E-state index contributed by atoms with van der Waals surface area (Å²) in [6.07, 6.45) is 0. The molecule has 0 heterocycles. The first-order valence-electron chi connectivity index (χ1n) is 4.29. The highest BCUT2D eigenvalue weighted by molar-refractivity contribution is 5.57. The standard InChI is InChI=1S/C10H15N/c1-6-5-7(2)10(11)9(4)8(6)3/h5H,11H2,1-4H3/i5D. The van der Waals surface area contributed by atoms with Gasteiger partial charge in [-0.25, -0.2) is 0 Å². The molecule has 0 unspecified atom stereocenters. The molecule has 1 aromatic carbocycles. The molecule has 0 bridgehead atoms. The third-order valence-electron chi connectivity index (χ3n) is 2.31. The van der Waals surface area contributed by atoms with E-state index >= 15 is 0 Å². The second-order valence-electron chi connectivity index (χ2n) is 3.04. The lowest BCUT2D eigenvalue weighted by Gasteiger charge is -2.10. The van der Waals surface area contributed by atoms with E-state index in [1.807, 2.05) is 27.7 Å². The first-order chi connectivity index (χ1) is 5.46. The number of hydrogen-bond donors (Lipinski definition) is 1. The number of nitrogen functional groups attached to an aromatic ring is 1. The van der Waals surface area contributed by atoms with Crippen LogP contribution in [0.2, 0.25) is 0 Å². The van der Waals surface area contributed by atoms with Crippen molar-refractivity contribution in [2.24, 2.45) is 0 Å². The van der Waals surface area contributed by atoms with E-state index in [4.69, 9.17) is 7.10 Å². The molecule has 0 radical (unpaired) electrons. The summed E-state index contributed by atoms with van der Waals surface area (Å²) in [6.45, 7) is 7.89. The molecule has 0 aromatic heterocycles. The molecule has 1 aromatic rings. The van der Waals surface area contributed by atoms with Crippen LogP contribution in [0.3, 0.4) is 0 Å². The van der Waals surface area contributed by atoms with Crippen LogP contribution in [0.5, 0.6) is 0 Å². The van der Waals surface area contributed by atoms with Crippen molar-refractivity contribution in [1.29, 1.82) is 0 Å². The second-order valence-corrected chi connectivity index (χ2v) is 3.04. The number of hydrogen-bond acceptors (Lipinski definition) is 1. The molecule has 0 fully saturated rings. The highest BCUT2D eigenvalue weighted by Gasteiger charge is 2.03. The summed E-state index contributed by atoms with van der Waals surface area (Å²) in [7, 11) is 0. The molecule has 0 spiro atoms. The average Bonchev–Trinajstić information content (AvgIpc) is 2.08. The van der Waals surface area contributed by atoms with Crippen LogP contribution in [0.25, 0.3) is 0 Å². The Bertz CT molecular complexity index is 224. The summed E-state index contributed by atoms with van der Waals surface area (Å²) in [4.78, 5) is 0. The monoisotopic (exact) mass is 150 g/mol. The van der Waals surface area contributed by atoms with E-state index in [2.05, 4.69) is 0 Å². The van der Waals surface area contributed by atoms with Gasteiger partial charge in [-0.2, -0.15) is 0 Å². The van der Waals surface area contributed by atoms with Gasteiger partial charge in [0.05, 0.1) is 1.37 Å². The van der Waals surface area contributed by atoms with Crippen molar-refractivity contribution >= 4 is 5.69 Å². The van der Waals surface area contributed by atoms with Gasteiger partial charge in [0, 0.05) is 5.69 Å². The lowest BCUT2D eigenvalue weighted by molar-refractivity contribution is 1.24. The van der Waals surface area contributed by atoms with Crippen LogP contribution in [0.1, 0.15) is 23.6 Å². The summed E-state index contributed by atoms with van der Waals surface area (Å²) in [5, 5.41) is 0. The van der Waals surface area contributed by atoms with Gasteiger partial charge < -0.3 is 5.73 Å². The smallest absolute Gasteiger partial charge is 0.0629 e. The quantitative estimate of drug-likeness (QED) is 0.565. The third-order valence-corrected chi connectivity index (χ3v) is 2.31. The van der Waals surface area contributed by atoms with Crippen molar-refractivity contribution in [2.75, 3.05) is 5.73 Å². The molecular formula is C10H15N. The van der Waals surface area contributed by atoms with Crippen LogP contribution in [0.15, 0.2) is 6.04 Å². The fourth-order valence-electron chi connectivity index (χ4n) is 1.21. The van der Waals surface area contributed by atoms with Gasteiger partial charge >= 0.3 is 0 Å². The van der Waals surface area contributed by atoms with Gasteiger partial charge in [-0.1, -0.05) is 6.04 Å². The zero-order valence-corrected chi connectivity index (χ0v) is 7.58. The predicted octanol–water partition coefficient (Wildman–Crippen LogP) is 2.50. The summed E-state index contributed by atoms with van der Waals surface area (Å²) in [6, 6.07) is 0.579. The highest BCUT2D eigenvalue weighted by Crippen LogP contribution is 2.22. The molecule has 2 N–H and O–H groups in total. The molecule has 1 heteroatoms. The van der Waals surface area contributed by atoms with Crippen molar-refractivity contribution in [2.45, 2.75) is 27.7 Å². The van der Waals surface area contributed by atoms with E-state index in [1.165, 1.54) is 0 Å². The summed E-state index contributed by atoms with van der Waals surface area (Å²) >= 11 is 0. The molecule has 0 saturated carbocycles. The Morgan fingerprint density at radius 2 is 1.64 bits per heavy atom. The zero-order chi connectivity index (χ0) is 9.46. The Labute approximate surface area is 69.6 Å². The van der Waals surface area contributed by atoms with Gasteiger partial charge in [-0.3, -0.25) is 0 Å². The van der Waals surface area contributed by atoms with Crippen LogP contribution in [0.4, 0.5) is 5.69 Å². The topological polar surface area (TPSA) is 26.0 Å². The summed E-state index contributed by atoms with van der Waals surface area (Å²) < 4.78 is 7.74. The van der Waals surface area contributed by atoms with Gasteiger partial charge in [0.2, 0.25) is 0 Å². The highest BCUT2D eigenvalue weighted by atomic mass is 14.6. The SMILES string of the molecule is [2H]c1c(C)c(C)c(C)c(N)c1C. The largest absolute Gasteiger partial charge is 0.398 e. The van der Waals surface area contributed by atoms with E-state index in [0.29, 0.717) is 6.04 Å². The summed E-state index contributed by atoms with van der Waals surface area (Å²) in [5.41, 5.74) is 10.8. The molecule has 0 aliphatic carbocycles. The zero-order valence-electron chi connectivity index (χ0n) is 8.58. The molecule has 11 heavy (non-hydrogen) atoms. The number of nitrogens with two attached hydrogens (primary N) is 1. The number of benzene rings is 1. The fourth-order valence-corrected chi connectivity index (χ4v) is 1.21.